The van der Waals surface area contributed by atoms with Gasteiger partial charge in [-0.2, -0.15) is 0 Å². The molecule has 3 nitrogen and oxygen atoms in total. The fraction of sp³-hybridized carbons (Fsp3) is 0.769. The van der Waals surface area contributed by atoms with Gasteiger partial charge in [0, 0.05) is 18.6 Å². The summed E-state index contributed by atoms with van der Waals surface area (Å²) in [5, 5.41) is 0. The molecular formula is C13H22N2O. The van der Waals surface area contributed by atoms with Gasteiger partial charge >= 0.3 is 0 Å². The predicted octanol–water partition coefficient (Wildman–Crippen LogP) is 1.54. The van der Waals surface area contributed by atoms with Crippen LogP contribution in [0.4, 0.5) is 0 Å². The Morgan fingerprint density at radius 3 is 2.75 bits per heavy atom. The lowest BCUT2D eigenvalue weighted by molar-refractivity contribution is -0.135. The first-order valence-electron chi connectivity index (χ1n) is 6.34. The van der Waals surface area contributed by atoms with Crippen molar-refractivity contribution in [1.29, 1.82) is 0 Å². The molecule has 0 saturated carbocycles. The number of nitrogens with zero attached hydrogens (tertiary/aromatic N) is 1. The van der Waals surface area contributed by atoms with Crippen LogP contribution in [0.25, 0.3) is 0 Å². The first-order valence-corrected chi connectivity index (χ1v) is 6.34. The van der Waals surface area contributed by atoms with Gasteiger partial charge in [-0.3, -0.25) is 4.79 Å². The van der Waals surface area contributed by atoms with E-state index in [1.807, 2.05) is 12.2 Å². The lowest BCUT2D eigenvalue weighted by Crippen LogP contribution is -2.41. The van der Waals surface area contributed by atoms with Crippen LogP contribution in [0.3, 0.4) is 0 Å². The van der Waals surface area contributed by atoms with Gasteiger partial charge in [-0.15, -0.1) is 0 Å². The van der Waals surface area contributed by atoms with Gasteiger partial charge in [0.25, 0.3) is 0 Å². The monoisotopic (exact) mass is 222 g/mol. The first kappa shape index (κ1) is 11.6. The Labute approximate surface area is 97.7 Å². The number of amides is 1. The average molecular weight is 222 g/mol. The predicted molar refractivity (Wildman–Crippen MR) is 64.8 cm³/mol. The van der Waals surface area contributed by atoms with Crippen LogP contribution in [0.2, 0.25) is 0 Å². The van der Waals surface area contributed by atoms with Gasteiger partial charge in [-0.25, -0.2) is 0 Å². The van der Waals surface area contributed by atoms with Crippen molar-refractivity contribution in [3.63, 3.8) is 0 Å². The molecule has 90 valence electrons. The van der Waals surface area contributed by atoms with E-state index in [1.165, 1.54) is 0 Å². The molecule has 1 aliphatic heterocycles. The Kier molecular flexibility index (Phi) is 3.33. The van der Waals surface area contributed by atoms with Crippen molar-refractivity contribution < 1.29 is 4.79 Å². The molecule has 0 bridgehead atoms. The second kappa shape index (κ2) is 4.58. The smallest absolute Gasteiger partial charge is 0.229 e. The molecule has 1 heterocycles. The minimum Gasteiger partial charge on any atom is -0.339 e. The number of hydrogen-bond donors (Lipinski definition) is 1. The number of hydrogen-bond acceptors (Lipinski definition) is 2. The summed E-state index contributed by atoms with van der Waals surface area (Å²) in [7, 11) is 0. The summed E-state index contributed by atoms with van der Waals surface area (Å²) in [6.07, 6.45) is 7.05. The molecule has 0 aromatic rings. The van der Waals surface area contributed by atoms with Gasteiger partial charge < -0.3 is 10.6 Å². The lowest BCUT2D eigenvalue weighted by Gasteiger charge is -2.29. The topological polar surface area (TPSA) is 46.3 Å². The van der Waals surface area contributed by atoms with Crippen molar-refractivity contribution in [2.24, 2.45) is 17.6 Å². The van der Waals surface area contributed by atoms with E-state index in [2.05, 4.69) is 18.7 Å². The maximum absolute atomic E-state index is 12.3. The van der Waals surface area contributed by atoms with Crippen molar-refractivity contribution in [3.8, 4) is 0 Å². The van der Waals surface area contributed by atoms with Gasteiger partial charge in [-0.1, -0.05) is 26.0 Å². The van der Waals surface area contributed by atoms with Crippen molar-refractivity contribution in [3.05, 3.63) is 12.2 Å². The highest BCUT2D eigenvalue weighted by atomic mass is 16.2. The van der Waals surface area contributed by atoms with Crippen LogP contribution in [-0.4, -0.2) is 29.4 Å². The summed E-state index contributed by atoms with van der Waals surface area (Å²) >= 11 is 0. The molecule has 0 radical (unpaired) electrons. The van der Waals surface area contributed by atoms with Crippen LogP contribution in [-0.2, 0) is 4.79 Å². The van der Waals surface area contributed by atoms with Gasteiger partial charge in [0.1, 0.15) is 0 Å². The molecule has 1 saturated heterocycles. The Balaban J connectivity index is 2.01. The summed E-state index contributed by atoms with van der Waals surface area (Å²) in [6.45, 7) is 5.33. The number of rotatable bonds is 2. The molecule has 2 rings (SSSR count). The Morgan fingerprint density at radius 2 is 2.19 bits per heavy atom. The van der Waals surface area contributed by atoms with Crippen LogP contribution < -0.4 is 5.73 Å². The second-order valence-electron chi connectivity index (χ2n) is 5.38. The maximum atomic E-state index is 12.3. The zero-order chi connectivity index (χ0) is 11.7. The van der Waals surface area contributed by atoms with E-state index in [9.17, 15) is 4.79 Å². The van der Waals surface area contributed by atoms with Gasteiger partial charge in [0.15, 0.2) is 0 Å². The zero-order valence-electron chi connectivity index (χ0n) is 10.2. The third-order valence-corrected chi connectivity index (χ3v) is 3.79. The quantitative estimate of drug-likeness (QED) is 0.720. The number of carbonyl (C=O) groups is 1. The highest BCUT2D eigenvalue weighted by Gasteiger charge is 2.35. The molecule has 0 aromatic heterocycles. The van der Waals surface area contributed by atoms with E-state index in [4.69, 9.17) is 5.73 Å². The van der Waals surface area contributed by atoms with Crippen molar-refractivity contribution in [2.45, 2.75) is 45.2 Å². The third-order valence-electron chi connectivity index (χ3n) is 3.79. The summed E-state index contributed by atoms with van der Waals surface area (Å²) in [5.41, 5.74) is 5.80. The standard InChI is InChI=1S/C13H22N2O/c1-9(2)12-4-3-7-15(12)13(16)10-5-6-11(14)8-10/h5-6,9-12H,3-4,7-8,14H2,1-2H3. The van der Waals surface area contributed by atoms with Crippen LogP contribution in [0.1, 0.15) is 33.1 Å². The third kappa shape index (κ3) is 2.14. The second-order valence-corrected chi connectivity index (χ2v) is 5.38. The SMILES string of the molecule is CC(C)C1CCCN1C(=O)C1C=CC(N)C1. The molecule has 0 spiro atoms. The normalized spacial score (nSPS) is 34.0. The fourth-order valence-corrected chi connectivity index (χ4v) is 2.88. The maximum Gasteiger partial charge on any atom is 0.229 e. The molecule has 0 aromatic carbocycles. The molecule has 1 fully saturated rings. The molecule has 1 amide bonds. The Morgan fingerprint density at radius 1 is 1.44 bits per heavy atom. The molecule has 2 N–H and O–H groups in total. The van der Waals surface area contributed by atoms with E-state index >= 15 is 0 Å². The van der Waals surface area contributed by atoms with E-state index < -0.39 is 0 Å². The largest absolute Gasteiger partial charge is 0.339 e. The summed E-state index contributed by atoms with van der Waals surface area (Å²) in [5.74, 6) is 0.889. The molecule has 3 unspecified atom stereocenters. The van der Waals surface area contributed by atoms with E-state index in [0.29, 0.717) is 17.9 Å². The number of nitrogens with two attached hydrogens (primary N) is 1. The molecule has 2 aliphatic rings. The van der Waals surface area contributed by atoms with Gasteiger partial charge in [-0.05, 0) is 25.2 Å². The molecule has 3 heteroatoms. The Hall–Kier alpha value is -0.830. The van der Waals surface area contributed by atoms with Crippen molar-refractivity contribution >= 4 is 5.91 Å². The van der Waals surface area contributed by atoms with Crippen LogP contribution >= 0.6 is 0 Å². The van der Waals surface area contributed by atoms with Crippen molar-refractivity contribution in [2.75, 3.05) is 6.54 Å². The first-order chi connectivity index (χ1) is 7.59. The molecule has 1 aliphatic carbocycles. The van der Waals surface area contributed by atoms with Crippen molar-refractivity contribution in [1.82, 2.24) is 4.90 Å². The zero-order valence-corrected chi connectivity index (χ0v) is 10.2. The average Bonchev–Trinajstić information content (AvgIpc) is 2.84. The van der Waals surface area contributed by atoms with E-state index in [-0.39, 0.29) is 12.0 Å². The summed E-state index contributed by atoms with van der Waals surface area (Å²) in [4.78, 5) is 14.4. The van der Waals surface area contributed by atoms with E-state index in [1.54, 1.807) is 0 Å². The minimum absolute atomic E-state index is 0.0364. The Bertz CT molecular complexity index is 298. The van der Waals surface area contributed by atoms with Crippen LogP contribution in [0.5, 0.6) is 0 Å². The molecule has 16 heavy (non-hydrogen) atoms. The van der Waals surface area contributed by atoms with Gasteiger partial charge in [0.2, 0.25) is 5.91 Å². The minimum atomic E-state index is 0.0364. The van der Waals surface area contributed by atoms with Crippen LogP contribution in [0, 0.1) is 11.8 Å². The van der Waals surface area contributed by atoms with E-state index in [0.717, 1.165) is 25.8 Å². The fourth-order valence-electron chi connectivity index (χ4n) is 2.88. The molecular weight excluding hydrogens is 200 g/mol. The number of carbonyl (C=O) groups excluding carboxylic acids is 1. The summed E-state index contributed by atoms with van der Waals surface area (Å²) in [6, 6.07) is 0.520. The number of likely N-dealkylation sites (tertiary alicyclic amines) is 1. The molecule has 3 atom stereocenters. The lowest BCUT2D eigenvalue weighted by atomic mass is 10.00. The highest BCUT2D eigenvalue weighted by molar-refractivity contribution is 5.81. The summed E-state index contributed by atoms with van der Waals surface area (Å²) < 4.78 is 0. The highest BCUT2D eigenvalue weighted by Crippen LogP contribution is 2.28. The van der Waals surface area contributed by atoms with Crippen LogP contribution in [0.15, 0.2) is 12.2 Å². The van der Waals surface area contributed by atoms with Gasteiger partial charge in [0.05, 0.1) is 5.92 Å².